The molecule has 0 saturated heterocycles. The number of carbonyl (C=O) groups is 2. The number of aromatic amines is 1. The van der Waals surface area contributed by atoms with E-state index in [4.69, 9.17) is 0 Å². The number of hydrogen-bond donors (Lipinski definition) is 2. The maximum Gasteiger partial charge on any atom is 0.290 e. The minimum Gasteiger partial charge on any atom is -0.503 e. The van der Waals surface area contributed by atoms with Gasteiger partial charge in [0.05, 0.1) is 16.5 Å². The number of para-hydroxylation sites is 1. The van der Waals surface area contributed by atoms with Gasteiger partial charge in [0.1, 0.15) is 0 Å². The Morgan fingerprint density at radius 3 is 2.62 bits per heavy atom. The van der Waals surface area contributed by atoms with Crippen molar-refractivity contribution in [3.8, 4) is 0 Å². The fourth-order valence-electron chi connectivity index (χ4n) is 4.33. The highest BCUT2D eigenvalue weighted by Gasteiger charge is 2.43. The number of H-pyrrole nitrogens is 1. The number of hydrogen-bond acceptors (Lipinski definition) is 4. The van der Waals surface area contributed by atoms with Gasteiger partial charge in [-0.25, -0.2) is 0 Å². The van der Waals surface area contributed by atoms with Crippen LogP contribution in [0.25, 0.3) is 10.9 Å². The summed E-state index contributed by atoms with van der Waals surface area (Å²) in [7, 11) is 0. The topological polar surface area (TPSA) is 73.4 Å². The van der Waals surface area contributed by atoms with E-state index in [1.54, 1.807) is 17.0 Å². The summed E-state index contributed by atoms with van der Waals surface area (Å²) in [6.45, 7) is 2.37. The van der Waals surface area contributed by atoms with Crippen LogP contribution in [0.4, 0.5) is 0 Å². The molecule has 6 heteroatoms. The zero-order valence-electron chi connectivity index (χ0n) is 17.5. The fraction of sp³-hybridized carbons (Fsp3) is 0.154. The van der Waals surface area contributed by atoms with Crippen molar-refractivity contribution in [3.05, 3.63) is 105 Å². The zero-order valence-corrected chi connectivity index (χ0v) is 18.4. The zero-order chi connectivity index (χ0) is 22.2. The van der Waals surface area contributed by atoms with E-state index in [1.807, 2.05) is 67.0 Å². The Morgan fingerprint density at radius 1 is 1.09 bits per heavy atom. The number of benzene rings is 2. The Balaban J connectivity index is 1.51. The lowest BCUT2D eigenvalue weighted by atomic mass is 9.94. The molecule has 4 aromatic rings. The monoisotopic (exact) mass is 442 g/mol. The van der Waals surface area contributed by atoms with Crippen molar-refractivity contribution in [2.75, 3.05) is 6.54 Å². The number of thiophene rings is 1. The Hall–Kier alpha value is -3.64. The van der Waals surface area contributed by atoms with E-state index in [0.717, 1.165) is 27.6 Å². The highest BCUT2D eigenvalue weighted by Crippen LogP contribution is 2.39. The molecule has 2 N–H and O–H groups in total. The molecule has 1 aliphatic rings. The number of aliphatic hydroxyl groups is 1. The Bertz CT molecular complexity index is 1330. The summed E-state index contributed by atoms with van der Waals surface area (Å²) in [5.41, 5.74) is 4.18. The molecule has 160 valence electrons. The van der Waals surface area contributed by atoms with Crippen LogP contribution >= 0.6 is 11.3 Å². The Labute approximate surface area is 189 Å². The minimum absolute atomic E-state index is 0.153. The molecule has 2 aromatic heterocycles. The van der Waals surface area contributed by atoms with Crippen molar-refractivity contribution in [2.24, 2.45) is 0 Å². The molecule has 3 heterocycles. The second kappa shape index (κ2) is 8.13. The maximum atomic E-state index is 13.3. The van der Waals surface area contributed by atoms with Crippen molar-refractivity contribution in [1.29, 1.82) is 0 Å². The Kier molecular flexibility index (Phi) is 5.15. The number of nitrogens with zero attached hydrogens (tertiary/aromatic N) is 1. The number of amides is 1. The number of rotatable bonds is 6. The lowest BCUT2D eigenvalue weighted by Crippen LogP contribution is -2.33. The second-order valence-corrected chi connectivity index (χ2v) is 8.94. The molecule has 1 atom stereocenters. The second-order valence-electron chi connectivity index (χ2n) is 7.99. The molecule has 1 aliphatic heterocycles. The van der Waals surface area contributed by atoms with Crippen LogP contribution in [-0.2, 0) is 11.2 Å². The fourth-order valence-corrected chi connectivity index (χ4v) is 5.01. The highest BCUT2D eigenvalue weighted by atomic mass is 32.1. The molecule has 1 amide bonds. The number of Topliss-reactive ketones (excluding diaryl/α,β-unsaturated/α-hetero) is 1. The van der Waals surface area contributed by atoms with E-state index in [-0.39, 0.29) is 11.4 Å². The van der Waals surface area contributed by atoms with Crippen molar-refractivity contribution < 1.29 is 14.7 Å². The SMILES string of the molecule is Cc1ccc(C2C(C(=O)c3cccs3)=C(O)C(=O)N2CCc2c[nH]c3ccccc23)cc1. The first-order valence-corrected chi connectivity index (χ1v) is 11.4. The molecule has 2 aromatic carbocycles. The largest absolute Gasteiger partial charge is 0.503 e. The number of ketones is 1. The third-order valence-electron chi connectivity index (χ3n) is 5.98. The Morgan fingerprint density at radius 2 is 1.88 bits per heavy atom. The molecule has 0 saturated carbocycles. The van der Waals surface area contributed by atoms with Gasteiger partial charge in [-0.2, -0.15) is 0 Å². The molecule has 1 unspecified atom stereocenters. The van der Waals surface area contributed by atoms with Gasteiger partial charge in [0, 0.05) is 23.6 Å². The normalized spacial score (nSPS) is 16.3. The molecular weight excluding hydrogens is 420 g/mol. The highest BCUT2D eigenvalue weighted by molar-refractivity contribution is 7.12. The van der Waals surface area contributed by atoms with Crippen LogP contribution in [0.5, 0.6) is 0 Å². The predicted molar refractivity (Wildman–Crippen MR) is 126 cm³/mol. The molecular formula is C26H22N2O3S. The van der Waals surface area contributed by atoms with Crippen molar-refractivity contribution in [2.45, 2.75) is 19.4 Å². The number of nitrogens with one attached hydrogen (secondary N) is 1. The van der Waals surface area contributed by atoms with Crippen LogP contribution < -0.4 is 0 Å². The van der Waals surface area contributed by atoms with Gasteiger partial charge in [-0.05, 0) is 42.0 Å². The van der Waals surface area contributed by atoms with E-state index in [0.29, 0.717) is 17.8 Å². The van der Waals surface area contributed by atoms with Crippen LogP contribution in [0.1, 0.15) is 32.4 Å². The van der Waals surface area contributed by atoms with Gasteiger partial charge in [-0.1, -0.05) is 54.1 Å². The number of aliphatic hydroxyl groups excluding tert-OH is 1. The van der Waals surface area contributed by atoms with Crippen molar-refractivity contribution in [1.82, 2.24) is 9.88 Å². The van der Waals surface area contributed by atoms with Crippen LogP contribution in [0.15, 0.2) is 83.6 Å². The molecule has 5 nitrogen and oxygen atoms in total. The quantitative estimate of drug-likeness (QED) is 0.395. The lowest BCUT2D eigenvalue weighted by molar-refractivity contribution is -0.129. The predicted octanol–water partition coefficient (Wildman–Crippen LogP) is 5.36. The molecule has 5 rings (SSSR count). The molecule has 0 radical (unpaired) electrons. The van der Waals surface area contributed by atoms with E-state index in [2.05, 4.69) is 4.98 Å². The van der Waals surface area contributed by atoms with Gasteiger partial charge < -0.3 is 15.0 Å². The third kappa shape index (κ3) is 3.42. The minimum atomic E-state index is -0.622. The van der Waals surface area contributed by atoms with Gasteiger partial charge in [0.2, 0.25) is 5.78 Å². The van der Waals surface area contributed by atoms with E-state index < -0.39 is 17.7 Å². The molecule has 0 spiro atoms. The van der Waals surface area contributed by atoms with Crippen LogP contribution in [0.3, 0.4) is 0 Å². The summed E-state index contributed by atoms with van der Waals surface area (Å²) in [6.07, 6.45) is 2.56. The van der Waals surface area contributed by atoms with Gasteiger partial charge in [0.25, 0.3) is 5.91 Å². The number of aromatic nitrogens is 1. The smallest absolute Gasteiger partial charge is 0.290 e. The number of carbonyl (C=O) groups excluding carboxylic acids is 2. The van der Waals surface area contributed by atoms with Gasteiger partial charge >= 0.3 is 0 Å². The average molecular weight is 443 g/mol. The molecule has 32 heavy (non-hydrogen) atoms. The summed E-state index contributed by atoms with van der Waals surface area (Å²) in [5.74, 6) is -1.26. The van der Waals surface area contributed by atoms with E-state index in [9.17, 15) is 14.7 Å². The summed E-state index contributed by atoms with van der Waals surface area (Å²) in [4.78, 5) is 31.8. The van der Waals surface area contributed by atoms with Gasteiger partial charge in [0.15, 0.2) is 5.76 Å². The van der Waals surface area contributed by atoms with Crippen molar-refractivity contribution in [3.63, 3.8) is 0 Å². The standard InChI is InChI=1S/C26H22N2O3S/c1-16-8-10-17(11-9-16)23-22(24(29)21-7-4-14-32-21)25(30)26(31)28(23)13-12-18-15-27-20-6-3-2-5-19(18)20/h2-11,14-15,23,27,30H,12-13H2,1H3. The first-order valence-electron chi connectivity index (χ1n) is 10.5. The van der Waals surface area contributed by atoms with Crippen molar-refractivity contribution >= 4 is 33.9 Å². The van der Waals surface area contributed by atoms with E-state index in [1.165, 1.54) is 11.3 Å². The first kappa shape index (κ1) is 20.3. The van der Waals surface area contributed by atoms with Crippen LogP contribution in [-0.4, -0.2) is 33.2 Å². The van der Waals surface area contributed by atoms with Gasteiger partial charge in [-0.3, -0.25) is 9.59 Å². The number of fused-ring (bicyclic) bond motifs is 1. The summed E-state index contributed by atoms with van der Waals surface area (Å²) < 4.78 is 0. The summed E-state index contributed by atoms with van der Waals surface area (Å²) >= 11 is 1.31. The number of aryl methyl sites for hydroxylation is 1. The van der Waals surface area contributed by atoms with Crippen LogP contribution in [0, 0.1) is 6.92 Å². The van der Waals surface area contributed by atoms with Gasteiger partial charge in [-0.15, -0.1) is 11.3 Å². The van der Waals surface area contributed by atoms with Crippen LogP contribution in [0.2, 0.25) is 0 Å². The third-order valence-corrected chi connectivity index (χ3v) is 6.85. The lowest BCUT2D eigenvalue weighted by Gasteiger charge is -2.27. The average Bonchev–Trinajstić information content (AvgIpc) is 3.53. The summed E-state index contributed by atoms with van der Waals surface area (Å²) in [5, 5.41) is 13.7. The first-order chi connectivity index (χ1) is 15.5. The molecule has 0 aliphatic carbocycles. The summed E-state index contributed by atoms with van der Waals surface area (Å²) in [6, 6.07) is 18.7. The molecule has 0 fully saturated rings. The van der Waals surface area contributed by atoms with E-state index >= 15 is 0 Å². The molecule has 0 bridgehead atoms. The maximum absolute atomic E-state index is 13.3.